The van der Waals surface area contributed by atoms with Crippen LogP contribution in [0.15, 0.2) is 29.2 Å². The highest BCUT2D eigenvalue weighted by Crippen LogP contribution is 2.17. The van der Waals surface area contributed by atoms with Crippen molar-refractivity contribution < 1.29 is 17.9 Å². The number of methoxy groups -OCH3 is 1. The van der Waals surface area contributed by atoms with Crippen molar-refractivity contribution in [2.75, 3.05) is 20.7 Å². The van der Waals surface area contributed by atoms with Crippen molar-refractivity contribution in [3.63, 3.8) is 0 Å². The molecule has 0 radical (unpaired) electrons. The lowest BCUT2D eigenvalue weighted by molar-refractivity contribution is -0.132. The summed E-state index contributed by atoms with van der Waals surface area (Å²) in [5.74, 6) is 0.172. The lowest BCUT2D eigenvalue weighted by Crippen LogP contribution is -2.50. The van der Waals surface area contributed by atoms with E-state index in [1.165, 1.54) is 24.1 Å². The minimum atomic E-state index is -3.77. The zero-order valence-corrected chi connectivity index (χ0v) is 14.5. The van der Waals surface area contributed by atoms with Gasteiger partial charge < -0.3 is 9.64 Å². The van der Waals surface area contributed by atoms with Crippen LogP contribution in [0.25, 0.3) is 0 Å². The van der Waals surface area contributed by atoms with Gasteiger partial charge in [-0.1, -0.05) is 13.8 Å². The van der Waals surface area contributed by atoms with E-state index in [9.17, 15) is 13.2 Å². The minimum Gasteiger partial charge on any atom is -0.497 e. The van der Waals surface area contributed by atoms with Gasteiger partial charge in [-0.25, -0.2) is 8.42 Å². The molecule has 0 aromatic heterocycles. The summed E-state index contributed by atoms with van der Waals surface area (Å²) in [5, 5.41) is 0. The van der Waals surface area contributed by atoms with Crippen LogP contribution in [0.4, 0.5) is 0 Å². The first-order valence-electron chi connectivity index (χ1n) is 7.14. The Morgan fingerprint density at radius 3 is 2.23 bits per heavy atom. The number of carbonyl (C=O) groups is 1. The van der Waals surface area contributed by atoms with E-state index in [4.69, 9.17) is 4.74 Å². The monoisotopic (exact) mass is 328 g/mol. The molecule has 0 aliphatic heterocycles. The first-order valence-corrected chi connectivity index (χ1v) is 8.62. The highest BCUT2D eigenvalue weighted by molar-refractivity contribution is 7.89. The van der Waals surface area contributed by atoms with Gasteiger partial charge in [-0.05, 0) is 37.1 Å². The number of hydrogen-bond acceptors (Lipinski definition) is 4. The molecule has 7 heteroatoms. The summed E-state index contributed by atoms with van der Waals surface area (Å²) in [6.45, 7) is 5.98. The largest absolute Gasteiger partial charge is 0.497 e. The number of benzene rings is 1. The molecule has 0 spiro atoms. The number of nitrogens with one attached hydrogen (secondary N) is 1. The van der Waals surface area contributed by atoms with Crippen molar-refractivity contribution in [3.05, 3.63) is 24.3 Å². The molecule has 0 fully saturated rings. The standard InChI is InChI=1S/C15H24N2O4S/c1-6-17(4)15(18)14(11(2)3)16-22(19,20)13-9-7-12(21-5)8-10-13/h7-11,14,16H,6H2,1-5H3/t14-/m0/s1. The Balaban J connectivity index is 3.02. The van der Waals surface area contributed by atoms with Crippen LogP contribution in [0, 0.1) is 5.92 Å². The fraction of sp³-hybridized carbons (Fsp3) is 0.533. The van der Waals surface area contributed by atoms with Crippen LogP contribution in [0.5, 0.6) is 5.75 Å². The average molecular weight is 328 g/mol. The van der Waals surface area contributed by atoms with Gasteiger partial charge in [-0.2, -0.15) is 4.72 Å². The van der Waals surface area contributed by atoms with Crippen molar-refractivity contribution in [1.29, 1.82) is 0 Å². The molecule has 6 nitrogen and oxygen atoms in total. The second-order valence-electron chi connectivity index (χ2n) is 5.37. The van der Waals surface area contributed by atoms with Crippen LogP contribution in [-0.2, 0) is 14.8 Å². The minimum absolute atomic E-state index is 0.103. The zero-order valence-electron chi connectivity index (χ0n) is 13.7. The molecule has 124 valence electrons. The summed E-state index contributed by atoms with van der Waals surface area (Å²) in [6.07, 6.45) is 0. The number of ether oxygens (including phenoxy) is 1. The van der Waals surface area contributed by atoms with Crippen LogP contribution < -0.4 is 9.46 Å². The van der Waals surface area contributed by atoms with E-state index in [1.807, 2.05) is 20.8 Å². The van der Waals surface area contributed by atoms with Crippen molar-refractivity contribution >= 4 is 15.9 Å². The van der Waals surface area contributed by atoms with Gasteiger partial charge in [-0.3, -0.25) is 4.79 Å². The molecule has 0 bridgehead atoms. The third-order valence-electron chi connectivity index (χ3n) is 3.44. The first kappa shape index (κ1) is 18.4. The Bertz CT molecular complexity index is 596. The Morgan fingerprint density at radius 2 is 1.82 bits per heavy atom. The molecule has 1 amide bonds. The van der Waals surface area contributed by atoms with E-state index in [2.05, 4.69) is 4.72 Å². The third-order valence-corrected chi connectivity index (χ3v) is 4.89. The van der Waals surface area contributed by atoms with E-state index in [1.54, 1.807) is 19.2 Å². The van der Waals surface area contributed by atoms with Gasteiger partial charge in [0.15, 0.2) is 0 Å². The van der Waals surface area contributed by atoms with Crippen molar-refractivity contribution in [2.45, 2.75) is 31.7 Å². The second kappa shape index (κ2) is 7.60. The Hall–Kier alpha value is -1.60. The number of sulfonamides is 1. The smallest absolute Gasteiger partial charge is 0.241 e. The molecule has 1 aromatic rings. The lowest BCUT2D eigenvalue weighted by Gasteiger charge is -2.26. The Morgan fingerprint density at radius 1 is 1.27 bits per heavy atom. The molecule has 0 unspecified atom stereocenters. The summed E-state index contributed by atoms with van der Waals surface area (Å²) in [6, 6.07) is 5.24. The number of rotatable bonds is 7. The molecule has 0 heterocycles. The van der Waals surface area contributed by atoms with Crippen LogP contribution >= 0.6 is 0 Å². The number of amides is 1. The van der Waals surface area contributed by atoms with Crippen LogP contribution in [0.3, 0.4) is 0 Å². The molecular weight excluding hydrogens is 304 g/mol. The molecular formula is C15H24N2O4S. The Kier molecular flexibility index (Phi) is 6.37. The Labute approximate surface area is 132 Å². The fourth-order valence-electron chi connectivity index (χ4n) is 1.85. The van der Waals surface area contributed by atoms with E-state index in [0.717, 1.165) is 0 Å². The van der Waals surface area contributed by atoms with E-state index in [-0.39, 0.29) is 16.7 Å². The van der Waals surface area contributed by atoms with Gasteiger partial charge in [0.25, 0.3) is 0 Å². The predicted molar refractivity (Wildman–Crippen MR) is 85.3 cm³/mol. The molecule has 0 saturated heterocycles. The summed E-state index contributed by atoms with van der Waals surface area (Å²) in [4.78, 5) is 13.9. The topological polar surface area (TPSA) is 75.7 Å². The molecule has 1 aromatic carbocycles. The molecule has 22 heavy (non-hydrogen) atoms. The predicted octanol–water partition coefficient (Wildman–Crippen LogP) is 1.48. The molecule has 0 aliphatic rings. The van der Waals surface area contributed by atoms with Crippen molar-refractivity contribution in [1.82, 2.24) is 9.62 Å². The maximum Gasteiger partial charge on any atom is 0.241 e. The van der Waals surface area contributed by atoms with Crippen LogP contribution in [0.2, 0.25) is 0 Å². The van der Waals surface area contributed by atoms with Crippen LogP contribution in [-0.4, -0.2) is 46.0 Å². The van der Waals surface area contributed by atoms with Crippen molar-refractivity contribution in [2.24, 2.45) is 5.92 Å². The van der Waals surface area contributed by atoms with Gasteiger partial charge in [0.1, 0.15) is 11.8 Å². The van der Waals surface area contributed by atoms with E-state index in [0.29, 0.717) is 12.3 Å². The van der Waals surface area contributed by atoms with Gasteiger partial charge in [-0.15, -0.1) is 0 Å². The molecule has 1 atom stereocenters. The van der Waals surface area contributed by atoms with Crippen LogP contribution in [0.1, 0.15) is 20.8 Å². The highest BCUT2D eigenvalue weighted by Gasteiger charge is 2.29. The first-order chi connectivity index (χ1) is 10.2. The normalized spacial score (nSPS) is 13.0. The SMILES string of the molecule is CCN(C)C(=O)[C@@H](NS(=O)(=O)c1ccc(OC)cc1)C(C)C. The summed E-state index contributed by atoms with van der Waals surface area (Å²) in [7, 11) is -0.607. The molecule has 0 aliphatic carbocycles. The van der Waals surface area contributed by atoms with Crippen molar-refractivity contribution in [3.8, 4) is 5.75 Å². The quantitative estimate of drug-likeness (QED) is 0.822. The number of hydrogen-bond donors (Lipinski definition) is 1. The number of nitrogens with zero attached hydrogens (tertiary/aromatic N) is 1. The molecule has 0 saturated carbocycles. The fourth-order valence-corrected chi connectivity index (χ4v) is 3.19. The third kappa shape index (κ3) is 4.45. The van der Waals surface area contributed by atoms with Gasteiger partial charge in [0.2, 0.25) is 15.9 Å². The summed E-state index contributed by atoms with van der Waals surface area (Å²) in [5.41, 5.74) is 0. The zero-order chi connectivity index (χ0) is 16.9. The van der Waals surface area contributed by atoms with Gasteiger partial charge in [0, 0.05) is 13.6 Å². The maximum atomic E-state index is 12.4. The highest BCUT2D eigenvalue weighted by atomic mass is 32.2. The summed E-state index contributed by atoms with van der Waals surface area (Å²) >= 11 is 0. The van der Waals surface area contributed by atoms with Gasteiger partial charge >= 0.3 is 0 Å². The lowest BCUT2D eigenvalue weighted by atomic mass is 10.0. The van der Waals surface area contributed by atoms with Gasteiger partial charge in [0.05, 0.1) is 12.0 Å². The molecule has 1 N–H and O–H groups in total. The number of carbonyl (C=O) groups excluding carboxylic acids is 1. The molecule has 1 rings (SSSR count). The van der Waals surface area contributed by atoms with E-state index >= 15 is 0 Å². The maximum absolute atomic E-state index is 12.4. The van der Waals surface area contributed by atoms with E-state index < -0.39 is 16.1 Å². The average Bonchev–Trinajstić information content (AvgIpc) is 2.51. The number of likely N-dealkylation sites (N-methyl/N-ethyl adjacent to an activating group) is 1. The second-order valence-corrected chi connectivity index (χ2v) is 7.08. The summed E-state index contributed by atoms with van der Waals surface area (Å²) < 4.78 is 32.4.